The fourth-order valence-corrected chi connectivity index (χ4v) is 3.13. The first-order valence-electron chi connectivity index (χ1n) is 8.51. The van der Waals surface area contributed by atoms with Crippen molar-refractivity contribution in [1.82, 2.24) is 9.88 Å². The lowest BCUT2D eigenvalue weighted by atomic mass is 10.1. The Morgan fingerprint density at radius 1 is 0.960 bits per heavy atom. The molecule has 0 aliphatic heterocycles. The second kappa shape index (κ2) is 7.11. The topological polar surface area (TPSA) is 39.3 Å². The molecule has 0 aliphatic rings. The molecule has 1 heterocycles. The van der Waals surface area contributed by atoms with Crippen molar-refractivity contribution in [3.05, 3.63) is 75.6 Å². The van der Waals surface area contributed by atoms with Crippen molar-refractivity contribution in [3.8, 4) is 0 Å². The monoisotopic (exact) mass is 335 g/mol. The molecule has 0 amide bonds. The summed E-state index contributed by atoms with van der Waals surface area (Å²) < 4.78 is 0. The number of nitrogens with one attached hydrogen (secondary N) is 1. The van der Waals surface area contributed by atoms with Gasteiger partial charge in [0, 0.05) is 55.0 Å². The SMILES string of the molecule is Cc1[nH]c2ccc(N(C)C)cc2c(=O)c1CN(C)Cc1ccccc1. The van der Waals surface area contributed by atoms with Crippen LogP contribution in [-0.2, 0) is 13.1 Å². The number of hydrogen-bond acceptors (Lipinski definition) is 3. The standard InChI is InChI=1S/C21H25N3O/c1-15-19(14-24(4)13-16-8-6-5-7-9-16)21(25)18-12-17(23(2)3)10-11-20(18)22-15/h5-12H,13-14H2,1-4H3,(H,22,25). The number of benzene rings is 2. The zero-order chi connectivity index (χ0) is 18.0. The predicted molar refractivity (Wildman–Crippen MR) is 105 cm³/mol. The highest BCUT2D eigenvalue weighted by Crippen LogP contribution is 2.19. The lowest BCUT2D eigenvalue weighted by Crippen LogP contribution is -2.24. The molecule has 0 saturated carbocycles. The molecule has 3 rings (SSSR count). The molecule has 0 unspecified atom stereocenters. The lowest BCUT2D eigenvalue weighted by Gasteiger charge is -2.19. The van der Waals surface area contributed by atoms with Crippen molar-refractivity contribution in [2.75, 3.05) is 26.0 Å². The van der Waals surface area contributed by atoms with Crippen molar-refractivity contribution < 1.29 is 0 Å². The Morgan fingerprint density at radius 3 is 2.36 bits per heavy atom. The maximum Gasteiger partial charge on any atom is 0.194 e. The number of aryl methyl sites for hydroxylation is 1. The molecular formula is C21H25N3O. The number of anilines is 1. The zero-order valence-corrected chi connectivity index (χ0v) is 15.3. The van der Waals surface area contributed by atoms with Crippen molar-refractivity contribution in [2.45, 2.75) is 20.0 Å². The van der Waals surface area contributed by atoms with Gasteiger partial charge in [0.05, 0.1) is 0 Å². The third kappa shape index (κ3) is 3.74. The van der Waals surface area contributed by atoms with Crippen LogP contribution in [0.5, 0.6) is 0 Å². The van der Waals surface area contributed by atoms with Crippen LogP contribution in [0.25, 0.3) is 10.9 Å². The minimum absolute atomic E-state index is 0.120. The molecule has 0 aliphatic carbocycles. The van der Waals surface area contributed by atoms with E-state index in [9.17, 15) is 4.79 Å². The van der Waals surface area contributed by atoms with E-state index in [-0.39, 0.29) is 5.43 Å². The molecule has 3 aromatic rings. The minimum atomic E-state index is 0.120. The third-order valence-electron chi connectivity index (χ3n) is 4.54. The van der Waals surface area contributed by atoms with Crippen LogP contribution >= 0.6 is 0 Å². The average Bonchev–Trinajstić information content (AvgIpc) is 2.59. The Bertz CT molecular complexity index is 929. The summed E-state index contributed by atoms with van der Waals surface area (Å²) >= 11 is 0. The normalized spacial score (nSPS) is 11.2. The van der Waals surface area contributed by atoms with Gasteiger partial charge in [0.15, 0.2) is 5.43 Å². The van der Waals surface area contributed by atoms with Gasteiger partial charge >= 0.3 is 0 Å². The highest BCUT2D eigenvalue weighted by atomic mass is 16.1. The molecule has 0 fully saturated rings. The molecule has 1 aromatic heterocycles. The molecule has 0 saturated heterocycles. The lowest BCUT2D eigenvalue weighted by molar-refractivity contribution is 0.317. The highest BCUT2D eigenvalue weighted by Gasteiger charge is 2.12. The van der Waals surface area contributed by atoms with E-state index >= 15 is 0 Å². The summed E-state index contributed by atoms with van der Waals surface area (Å²) in [6.07, 6.45) is 0. The van der Waals surface area contributed by atoms with Gasteiger partial charge in [0.1, 0.15) is 0 Å². The number of nitrogens with zero attached hydrogens (tertiary/aromatic N) is 2. The summed E-state index contributed by atoms with van der Waals surface area (Å²) in [7, 11) is 6.02. The Kier molecular flexibility index (Phi) is 4.91. The van der Waals surface area contributed by atoms with Crippen LogP contribution in [0.15, 0.2) is 53.3 Å². The van der Waals surface area contributed by atoms with Crippen LogP contribution in [0.2, 0.25) is 0 Å². The van der Waals surface area contributed by atoms with Crippen molar-refractivity contribution >= 4 is 16.6 Å². The van der Waals surface area contributed by atoms with Gasteiger partial charge in [0.2, 0.25) is 0 Å². The van der Waals surface area contributed by atoms with Crippen LogP contribution in [0.1, 0.15) is 16.8 Å². The second-order valence-electron chi connectivity index (χ2n) is 6.84. The van der Waals surface area contributed by atoms with Gasteiger partial charge in [-0.05, 0) is 37.7 Å². The van der Waals surface area contributed by atoms with Gasteiger partial charge < -0.3 is 9.88 Å². The molecule has 25 heavy (non-hydrogen) atoms. The van der Waals surface area contributed by atoms with Crippen LogP contribution in [0.3, 0.4) is 0 Å². The summed E-state index contributed by atoms with van der Waals surface area (Å²) in [4.78, 5) is 20.6. The van der Waals surface area contributed by atoms with Gasteiger partial charge in [0.25, 0.3) is 0 Å². The summed E-state index contributed by atoms with van der Waals surface area (Å²) in [6.45, 7) is 3.42. The first-order chi connectivity index (χ1) is 12.0. The van der Waals surface area contributed by atoms with E-state index in [1.54, 1.807) is 0 Å². The summed E-state index contributed by atoms with van der Waals surface area (Å²) in [5.74, 6) is 0. The van der Waals surface area contributed by atoms with E-state index in [1.807, 2.05) is 69.4 Å². The molecule has 130 valence electrons. The van der Waals surface area contributed by atoms with Gasteiger partial charge in [-0.1, -0.05) is 30.3 Å². The number of pyridine rings is 1. The van der Waals surface area contributed by atoms with Gasteiger partial charge in [-0.25, -0.2) is 0 Å². The number of aromatic amines is 1. The number of H-pyrrole nitrogens is 1. The van der Waals surface area contributed by atoms with Crippen molar-refractivity contribution in [3.63, 3.8) is 0 Å². The zero-order valence-electron chi connectivity index (χ0n) is 15.3. The van der Waals surface area contributed by atoms with Gasteiger partial charge in [-0.15, -0.1) is 0 Å². The third-order valence-corrected chi connectivity index (χ3v) is 4.54. The largest absolute Gasteiger partial charge is 0.378 e. The van der Waals surface area contributed by atoms with E-state index < -0.39 is 0 Å². The van der Waals surface area contributed by atoms with Crippen LogP contribution < -0.4 is 10.3 Å². The maximum absolute atomic E-state index is 13.0. The minimum Gasteiger partial charge on any atom is -0.378 e. The quantitative estimate of drug-likeness (QED) is 0.775. The predicted octanol–water partition coefficient (Wildman–Crippen LogP) is 3.53. The fourth-order valence-electron chi connectivity index (χ4n) is 3.13. The first-order valence-corrected chi connectivity index (χ1v) is 8.51. The molecule has 0 radical (unpaired) electrons. The molecule has 1 N–H and O–H groups in total. The highest BCUT2D eigenvalue weighted by molar-refractivity contribution is 5.83. The molecule has 0 spiro atoms. The summed E-state index contributed by atoms with van der Waals surface area (Å²) in [5.41, 5.74) is 5.06. The van der Waals surface area contributed by atoms with E-state index in [0.29, 0.717) is 6.54 Å². The summed E-state index contributed by atoms with van der Waals surface area (Å²) in [5, 5.41) is 0.750. The molecular weight excluding hydrogens is 310 g/mol. The van der Waals surface area contributed by atoms with Crippen molar-refractivity contribution in [2.24, 2.45) is 0 Å². The first kappa shape index (κ1) is 17.2. The van der Waals surface area contributed by atoms with E-state index in [4.69, 9.17) is 0 Å². The number of fused-ring (bicyclic) bond motifs is 1. The van der Waals surface area contributed by atoms with Crippen molar-refractivity contribution in [1.29, 1.82) is 0 Å². The van der Waals surface area contributed by atoms with Crippen LogP contribution in [0, 0.1) is 6.92 Å². The van der Waals surface area contributed by atoms with Crippen LogP contribution in [-0.4, -0.2) is 31.0 Å². The van der Waals surface area contributed by atoms with E-state index in [2.05, 4.69) is 22.0 Å². The smallest absolute Gasteiger partial charge is 0.194 e. The van der Waals surface area contributed by atoms with E-state index in [1.165, 1.54) is 5.56 Å². The molecule has 0 bridgehead atoms. The van der Waals surface area contributed by atoms with Crippen LogP contribution in [0.4, 0.5) is 5.69 Å². The summed E-state index contributed by atoms with van der Waals surface area (Å²) in [6, 6.07) is 16.3. The number of hydrogen-bond donors (Lipinski definition) is 1. The Hall–Kier alpha value is -2.59. The molecule has 4 heteroatoms. The number of aromatic nitrogens is 1. The number of rotatable bonds is 5. The second-order valence-corrected chi connectivity index (χ2v) is 6.84. The molecule has 0 atom stereocenters. The maximum atomic E-state index is 13.0. The Balaban J connectivity index is 1.94. The Morgan fingerprint density at radius 2 is 1.68 bits per heavy atom. The Labute approximate surface area is 148 Å². The average molecular weight is 335 g/mol. The molecule has 4 nitrogen and oxygen atoms in total. The fraction of sp³-hybridized carbons (Fsp3) is 0.286. The van der Waals surface area contributed by atoms with Gasteiger partial charge in [-0.3, -0.25) is 9.69 Å². The van der Waals surface area contributed by atoms with E-state index in [0.717, 1.165) is 34.4 Å². The van der Waals surface area contributed by atoms with Gasteiger partial charge in [-0.2, -0.15) is 0 Å². The molecule has 2 aromatic carbocycles.